The Kier molecular flexibility index (Phi) is 3.15. The third-order valence-corrected chi connectivity index (χ3v) is 4.03. The van der Waals surface area contributed by atoms with Crippen LogP contribution in [-0.4, -0.2) is 18.3 Å². The molecule has 7 heteroatoms. The van der Waals surface area contributed by atoms with Crippen LogP contribution in [0.25, 0.3) is 10.9 Å². The first-order valence-corrected chi connectivity index (χ1v) is 7.82. The van der Waals surface area contributed by atoms with E-state index in [4.69, 9.17) is 5.14 Å². The van der Waals surface area contributed by atoms with Crippen LogP contribution in [0.3, 0.4) is 0 Å². The molecule has 0 aliphatic rings. The van der Waals surface area contributed by atoms with Gasteiger partial charge in [0.2, 0.25) is 10.0 Å². The van der Waals surface area contributed by atoms with Crippen molar-refractivity contribution in [2.24, 2.45) is 5.14 Å². The Balaban J connectivity index is 1.99. The van der Waals surface area contributed by atoms with Crippen molar-refractivity contribution in [1.82, 2.24) is 9.89 Å². The van der Waals surface area contributed by atoms with E-state index in [9.17, 15) is 8.42 Å². The van der Waals surface area contributed by atoms with Gasteiger partial charge in [0.25, 0.3) is 0 Å². The van der Waals surface area contributed by atoms with E-state index >= 15 is 0 Å². The van der Waals surface area contributed by atoms with Crippen LogP contribution in [0.4, 0.5) is 5.69 Å². The molecule has 6 nitrogen and oxygen atoms in total. The van der Waals surface area contributed by atoms with Gasteiger partial charge in [-0.25, -0.2) is 13.6 Å². The summed E-state index contributed by atoms with van der Waals surface area (Å²) >= 11 is 0. The lowest BCUT2D eigenvalue weighted by molar-refractivity contribution is 0.598. The average Bonchev–Trinajstić information content (AvgIpc) is 2.80. The predicted octanol–water partition coefficient (Wildman–Crippen LogP) is 1.87. The summed E-state index contributed by atoms with van der Waals surface area (Å²) in [5.41, 5.74) is 5.69. The molecule has 21 heavy (non-hydrogen) atoms. The molecule has 0 amide bonds. The predicted molar refractivity (Wildman–Crippen MR) is 81.3 cm³/mol. The Morgan fingerprint density at radius 3 is 2.76 bits per heavy atom. The van der Waals surface area contributed by atoms with Gasteiger partial charge in [0.1, 0.15) is 0 Å². The van der Waals surface area contributed by atoms with Gasteiger partial charge in [0.05, 0.1) is 22.3 Å². The number of rotatable bonds is 3. The van der Waals surface area contributed by atoms with Crippen molar-refractivity contribution in [2.45, 2.75) is 11.8 Å². The molecule has 0 bridgehead atoms. The van der Waals surface area contributed by atoms with Gasteiger partial charge in [-0.3, -0.25) is 5.43 Å². The number of nitrogens with zero attached hydrogens (tertiary/aromatic N) is 2. The molecule has 0 aliphatic carbocycles. The van der Waals surface area contributed by atoms with E-state index in [1.807, 2.05) is 25.1 Å². The van der Waals surface area contributed by atoms with E-state index < -0.39 is 10.0 Å². The van der Waals surface area contributed by atoms with Gasteiger partial charge >= 0.3 is 0 Å². The lowest BCUT2D eigenvalue weighted by atomic mass is 10.2. The number of benzene rings is 2. The average molecular weight is 302 g/mol. The van der Waals surface area contributed by atoms with E-state index in [-0.39, 0.29) is 4.90 Å². The largest absolute Gasteiger partial charge is 0.278 e. The zero-order valence-electron chi connectivity index (χ0n) is 11.3. The number of hydrogen-bond donors (Lipinski definition) is 2. The van der Waals surface area contributed by atoms with Crippen molar-refractivity contribution in [3.05, 3.63) is 54.2 Å². The van der Waals surface area contributed by atoms with E-state index in [1.165, 1.54) is 12.1 Å². The van der Waals surface area contributed by atoms with E-state index in [0.29, 0.717) is 5.69 Å². The first kappa shape index (κ1) is 13.6. The first-order chi connectivity index (χ1) is 9.93. The maximum Gasteiger partial charge on any atom is 0.238 e. The van der Waals surface area contributed by atoms with Gasteiger partial charge in [-0.2, -0.15) is 9.89 Å². The van der Waals surface area contributed by atoms with E-state index in [2.05, 4.69) is 10.5 Å². The summed E-state index contributed by atoms with van der Waals surface area (Å²) in [6.07, 6.45) is 1.75. The van der Waals surface area contributed by atoms with Crippen LogP contribution < -0.4 is 10.6 Å². The molecule has 3 rings (SSSR count). The number of nitrogens with one attached hydrogen (secondary N) is 1. The van der Waals surface area contributed by atoms with Gasteiger partial charge in [0, 0.05) is 5.39 Å². The molecular weight excluding hydrogens is 288 g/mol. The Bertz CT molecular complexity index is 916. The zero-order valence-corrected chi connectivity index (χ0v) is 12.1. The summed E-state index contributed by atoms with van der Waals surface area (Å²) in [5, 5.41) is 10.4. The molecule has 3 aromatic rings. The number of aromatic nitrogens is 2. The quantitative estimate of drug-likeness (QED) is 0.773. The molecule has 0 saturated heterocycles. The third-order valence-electron chi connectivity index (χ3n) is 3.12. The summed E-state index contributed by atoms with van der Waals surface area (Å²) in [6.45, 7) is 2.01. The van der Waals surface area contributed by atoms with Gasteiger partial charge < -0.3 is 0 Å². The molecule has 0 aliphatic heterocycles. The van der Waals surface area contributed by atoms with Crippen molar-refractivity contribution in [1.29, 1.82) is 0 Å². The van der Waals surface area contributed by atoms with Gasteiger partial charge in [-0.1, -0.05) is 17.7 Å². The highest BCUT2D eigenvalue weighted by molar-refractivity contribution is 7.89. The summed E-state index contributed by atoms with van der Waals surface area (Å²) < 4.78 is 22.7. The number of primary sulfonamides is 1. The van der Waals surface area contributed by atoms with Crippen molar-refractivity contribution >= 4 is 26.6 Å². The highest BCUT2D eigenvalue weighted by Gasteiger charge is 2.09. The van der Waals surface area contributed by atoms with E-state index in [1.54, 1.807) is 23.1 Å². The van der Waals surface area contributed by atoms with Crippen molar-refractivity contribution in [3.8, 4) is 0 Å². The topological polar surface area (TPSA) is 90.0 Å². The van der Waals surface area contributed by atoms with Crippen LogP contribution >= 0.6 is 0 Å². The number of anilines is 1. The summed E-state index contributed by atoms with van der Waals surface area (Å²) in [6, 6.07) is 12.3. The van der Waals surface area contributed by atoms with Crippen LogP contribution in [0.5, 0.6) is 0 Å². The minimum Gasteiger partial charge on any atom is -0.278 e. The second-order valence-corrected chi connectivity index (χ2v) is 6.36. The number of fused-ring (bicyclic) bond motifs is 1. The second-order valence-electron chi connectivity index (χ2n) is 4.80. The number of sulfonamides is 1. The smallest absolute Gasteiger partial charge is 0.238 e. The number of nitrogens with two attached hydrogens (primary N) is 1. The van der Waals surface area contributed by atoms with Gasteiger partial charge in [0.15, 0.2) is 0 Å². The lowest BCUT2D eigenvalue weighted by Gasteiger charge is -2.08. The summed E-state index contributed by atoms with van der Waals surface area (Å²) in [7, 11) is -3.72. The molecule has 108 valence electrons. The standard InChI is InChI=1S/C14H14N4O2S/c1-10-5-6-14-11(7-10)9-16-18(14)17-12-3-2-4-13(8-12)21(15,19)20/h2-9,17H,1H3,(H2,15,19,20). The zero-order chi connectivity index (χ0) is 15.0. The molecule has 0 fully saturated rings. The fourth-order valence-corrected chi connectivity index (χ4v) is 2.67. The molecule has 0 saturated carbocycles. The van der Waals surface area contributed by atoms with Crippen LogP contribution in [0, 0.1) is 6.92 Å². The molecule has 0 atom stereocenters. The minimum absolute atomic E-state index is 0.0554. The lowest BCUT2D eigenvalue weighted by Crippen LogP contribution is -2.14. The van der Waals surface area contributed by atoms with E-state index in [0.717, 1.165) is 16.5 Å². The highest BCUT2D eigenvalue weighted by atomic mass is 32.2. The van der Waals surface area contributed by atoms with Crippen molar-refractivity contribution in [2.75, 3.05) is 5.43 Å². The van der Waals surface area contributed by atoms with Gasteiger partial charge in [-0.05, 0) is 37.3 Å². The number of aryl methyl sites for hydroxylation is 1. The van der Waals surface area contributed by atoms with Crippen LogP contribution in [0.2, 0.25) is 0 Å². The minimum atomic E-state index is -3.72. The van der Waals surface area contributed by atoms with Crippen LogP contribution in [-0.2, 0) is 10.0 Å². The monoisotopic (exact) mass is 302 g/mol. The fourth-order valence-electron chi connectivity index (χ4n) is 2.11. The first-order valence-electron chi connectivity index (χ1n) is 6.28. The third kappa shape index (κ3) is 2.74. The second kappa shape index (κ2) is 4.87. The SMILES string of the molecule is Cc1ccc2c(cnn2Nc2cccc(S(N)(=O)=O)c2)c1. The van der Waals surface area contributed by atoms with Crippen molar-refractivity contribution < 1.29 is 8.42 Å². The fraction of sp³-hybridized carbons (Fsp3) is 0.0714. The molecular formula is C14H14N4O2S. The highest BCUT2D eigenvalue weighted by Crippen LogP contribution is 2.18. The summed E-state index contributed by atoms with van der Waals surface area (Å²) in [5.74, 6) is 0. The van der Waals surface area contributed by atoms with Crippen LogP contribution in [0.1, 0.15) is 5.56 Å². The van der Waals surface area contributed by atoms with Crippen LogP contribution in [0.15, 0.2) is 53.6 Å². The van der Waals surface area contributed by atoms with Gasteiger partial charge in [-0.15, -0.1) is 0 Å². The molecule has 0 unspecified atom stereocenters. The Morgan fingerprint density at radius 1 is 1.19 bits per heavy atom. The summed E-state index contributed by atoms with van der Waals surface area (Å²) in [4.78, 5) is 1.65. The Hall–Kier alpha value is -2.38. The van der Waals surface area contributed by atoms with Crippen molar-refractivity contribution in [3.63, 3.8) is 0 Å². The molecule has 2 aromatic carbocycles. The Morgan fingerprint density at radius 2 is 2.00 bits per heavy atom. The normalized spacial score (nSPS) is 11.7. The molecule has 1 aromatic heterocycles. The molecule has 3 N–H and O–H groups in total. The number of hydrogen-bond acceptors (Lipinski definition) is 4. The molecule has 1 heterocycles. The Labute approximate surface area is 122 Å². The molecule has 0 radical (unpaired) electrons. The maximum atomic E-state index is 11.4. The maximum absolute atomic E-state index is 11.4. The molecule has 0 spiro atoms.